The summed E-state index contributed by atoms with van der Waals surface area (Å²) < 4.78 is 16.1. The van der Waals surface area contributed by atoms with Crippen LogP contribution in [0.5, 0.6) is 0 Å². The molecule has 0 amide bonds. The number of halogens is 2. The molecule has 0 aliphatic carbocycles. The lowest BCUT2D eigenvalue weighted by Crippen LogP contribution is -2.26. The predicted molar refractivity (Wildman–Crippen MR) is 82.0 cm³/mol. The van der Waals surface area contributed by atoms with E-state index < -0.39 is 0 Å². The fourth-order valence-corrected chi connectivity index (χ4v) is 2.80. The summed E-state index contributed by atoms with van der Waals surface area (Å²) in [5, 5.41) is 7.72. The molecule has 0 radical (unpaired) electrons. The van der Waals surface area contributed by atoms with Crippen LogP contribution in [0.3, 0.4) is 0 Å². The summed E-state index contributed by atoms with van der Waals surface area (Å²) in [4.78, 5) is 0. The van der Waals surface area contributed by atoms with Crippen LogP contribution in [0.4, 0.5) is 4.39 Å². The van der Waals surface area contributed by atoms with Crippen molar-refractivity contribution in [1.29, 1.82) is 0 Å². The predicted octanol–water partition coefficient (Wildman–Crippen LogP) is 3.61. The van der Waals surface area contributed by atoms with Gasteiger partial charge in [-0.2, -0.15) is 5.10 Å². The van der Waals surface area contributed by atoms with Crippen molar-refractivity contribution in [3.05, 3.63) is 52.0 Å². The second-order valence-corrected chi connectivity index (χ2v) is 5.78. The quantitative estimate of drug-likeness (QED) is 0.871. The lowest BCUT2D eigenvalue weighted by molar-refractivity contribution is 0.492. The van der Waals surface area contributed by atoms with Crippen molar-refractivity contribution in [2.24, 2.45) is 7.05 Å². The Morgan fingerprint density at radius 3 is 2.80 bits per heavy atom. The number of hydrogen-bond acceptors (Lipinski definition) is 2. The minimum atomic E-state index is -0.214. The third-order valence-electron chi connectivity index (χ3n) is 3.22. The normalized spacial score (nSPS) is 12.6. The van der Waals surface area contributed by atoms with Crippen LogP contribution < -0.4 is 5.32 Å². The number of aromatic nitrogens is 2. The molecule has 0 aliphatic heterocycles. The summed E-state index contributed by atoms with van der Waals surface area (Å²) in [7, 11) is 1.93. The van der Waals surface area contributed by atoms with Gasteiger partial charge in [-0.1, -0.05) is 22.9 Å². The summed E-state index contributed by atoms with van der Waals surface area (Å²) >= 11 is 3.34. The van der Waals surface area contributed by atoms with Crippen LogP contribution in [-0.4, -0.2) is 16.3 Å². The Hall–Kier alpha value is -1.20. The van der Waals surface area contributed by atoms with Gasteiger partial charge in [-0.15, -0.1) is 0 Å². The molecule has 2 aromatic rings. The molecule has 1 heterocycles. The van der Waals surface area contributed by atoms with Gasteiger partial charge in [-0.05, 0) is 49.2 Å². The Balaban J connectivity index is 2.21. The Kier molecular flexibility index (Phi) is 5.31. The van der Waals surface area contributed by atoms with Crippen molar-refractivity contribution in [1.82, 2.24) is 15.1 Å². The first-order valence-corrected chi connectivity index (χ1v) is 7.55. The molecule has 0 aliphatic rings. The molecule has 1 unspecified atom stereocenters. The Bertz CT molecular complexity index is 548. The van der Waals surface area contributed by atoms with Gasteiger partial charge in [-0.3, -0.25) is 4.68 Å². The molecule has 0 saturated carbocycles. The first kappa shape index (κ1) is 15.2. The van der Waals surface area contributed by atoms with E-state index in [-0.39, 0.29) is 11.9 Å². The van der Waals surface area contributed by atoms with Gasteiger partial charge >= 0.3 is 0 Å². The van der Waals surface area contributed by atoms with Crippen LogP contribution in [-0.2, 0) is 13.5 Å². The SMILES string of the molecule is CCCNC(Cc1cc(F)cc(Br)c1)c1ccnn1C. The van der Waals surface area contributed by atoms with Gasteiger partial charge in [0.2, 0.25) is 0 Å². The molecule has 20 heavy (non-hydrogen) atoms. The molecule has 1 aromatic heterocycles. The maximum atomic E-state index is 13.5. The number of hydrogen-bond donors (Lipinski definition) is 1. The van der Waals surface area contributed by atoms with Crippen molar-refractivity contribution in [2.45, 2.75) is 25.8 Å². The molecular weight excluding hydrogens is 321 g/mol. The molecule has 0 fully saturated rings. The van der Waals surface area contributed by atoms with E-state index >= 15 is 0 Å². The molecule has 1 aromatic carbocycles. The first-order valence-electron chi connectivity index (χ1n) is 6.76. The molecule has 108 valence electrons. The smallest absolute Gasteiger partial charge is 0.124 e. The number of rotatable bonds is 6. The lowest BCUT2D eigenvalue weighted by Gasteiger charge is -2.19. The highest BCUT2D eigenvalue weighted by Crippen LogP contribution is 2.21. The number of aryl methyl sites for hydroxylation is 1. The highest BCUT2D eigenvalue weighted by Gasteiger charge is 2.15. The zero-order chi connectivity index (χ0) is 14.5. The third kappa shape index (κ3) is 3.90. The number of nitrogens with zero attached hydrogens (tertiary/aromatic N) is 2. The summed E-state index contributed by atoms with van der Waals surface area (Å²) in [6.45, 7) is 3.05. The van der Waals surface area contributed by atoms with Crippen molar-refractivity contribution in [3.8, 4) is 0 Å². The van der Waals surface area contributed by atoms with Crippen molar-refractivity contribution in [3.63, 3.8) is 0 Å². The van der Waals surface area contributed by atoms with E-state index in [0.717, 1.165) is 35.1 Å². The highest BCUT2D eigenvalue weighted by molar-refractivity contribution is 9.10. The van der Waals surface area contributed by atoms with Crippen LogP contribution in [0.1, 0.15) is 30.6 Å². The van der Waals surface area contributed by atoms with E-state index in [4.69, 9.17) is 0 Å². The average molecular weight is 340 g/mol. The Morgan fingerprint density at radius 2 is 2.20 bits per heavy atom. The van der Waals surface area contributed by atoms with Gasteiger partial charge < -0.3 is 5.32 Å². The van der Waals surface area contributed by atoms with Gasteiger partial charge in [0.15, 0.2) is 0 Å². The van der Waals surface area contributed by atoms with Gasteiger partial charge in [0.25, 0.3) is 0 Å². The summed E-state index contributed by atoms with van der Waals surface area (Å²) in [6, 6.07) is 7.15. The minimum absolute atomic E-state index is 0.135. The fourth-order valence-electron chi connectivity index (χ4n) is 2.29. The Morgan fingerprint density at radius 1 is 1.40 bits per heavy atom. The van der Waals surface area contributed by atoms with E-state index in [9.17, 15) is 4.39 Å². The maximum Gasteiger partial charge on any atom is 0.124 e. The lowest BCUT2D eigenvalue weighted by atomic mass is 10.0. The molecule has 0 saturated heterocycles. The molecular formula is C15H19BrFN3. The summed E-state index contributed by atoms with van der Waals surface area (Å²) in [5.41, 5.74) is 2.07. The summed E-state index contributed by atoms with van der Waals surface area (Å²) in [5.74, 6) is -0.214. The molecule has 3 nitrogen and oxygen atoms in total. The largest absolute Gasteiger partial charge is 0.308 e. The van der Waals surface area contributed by atoms with Crippen molar-refractivity contribution in [2.75, 3.05) is 6.54 Å². The van der Waals surface area contributed by atoms with E-state index in [1.807, 2.05) is 23.9 Å². The van der Waals surface area contributed by atoms with E-state index in [1.54, 1.807) is 12.3 Å². The monoisotopic (exact) mass is 339 g/mol. The van der Waals surface area contributed by atoms with E-state index in [0.29, 0.717) is 0 Å². The van der Waals surface area contributed by atoms with Crippen LogP contribution in [0, 0.1) is 5.82 Å². The standard InChI is InChI=1S/C15H19BrFN3/c1-3-5-18-14(15-4-6-19-20(15)2)9-11-7-12(16)10-13(17)8-11/h4,6-8,10,14,18H,3,5,9H2,1-2H3. The highest BCUT2D eigenvalue weighted by atomic mass is 79.9. The minimum Gasteiger partial charge on any atom is -0.308 e. The maximum absolute atomic E-state index is 13.5. The van der Waals surface area contributed by atoms with Gasteiger partial charge in [0, 0.05) is 17.7 Å². The van der Waals surface area contributed by atoms with Crippen LogP contribution >= 0.6 is 15.9 Å². The first-order chi connectivity index (χ1) is 9.60. The Labute approximate surface area is 127 Å². The molecule has 5 heteroatoms. The molecule has 1 atom stereocenters. The van der Waals surface area contributed by atoms with Crippen LogP contribution in [0.2, 0.25) is 0 Å². The number of nitrogens with one attached hydrogen (secondary N) is 1. The zero-order valence-corrected chi connectivity index (χ0v) is 13.3. The second-order valence-electron chi connectivity index (χ2n) is 4.87. The summed E-state index contributed by atoms with van der Waals surface area (Å²) in [6.07, 6.45) is 3.58. The fraction of sp³-hybridized carbons (Fsp3) is 0.400. The van der Waals surface area contributed by atoms with Gasteiger partial charge in [0.05, 0.1) is 11.7 Å². The molecule has 2 rings (SSSR count). The van der Waals surface area contributed by atoms with Gasteiger partial charge in [0.1, 0.15) is 5.82 Å². The van der Waals surface area contributed by atoms with Crippen molar-refractivity contribution >= 4 is 15.9 Å². The van der Waals surface area contributed by atoms with Gasteiger partial charge in [-0.25, -0.2) is 4.39 Å². The third-order valence-corrected chi connectivity index (χ3v) is 3.68. The van der Waals surface area contributed by atoms with E-state index in [2.05, 4.69) is 33.3 Å². The molecule has 0 spiro atoms. The second kappa shape index (κ2) is 6.99. The van der Waals surface area contributed by atoms with Crippen LogP contribution in [0.25, 0.3) is 0 Å². The van der Waals surface area contributed by atoms with E-state index in [1.165, 1.54) is 6.07 Å². The molecule has 0 bridgehead atoms. The molecule has 1 N–H and O–H groups in total. The number of benzene rings is 1. The van der Waals surface area contributed by atoms with Crippen molar-refractivity contribution < 1.29 is 4.39 Å². The zero-order valence-electron chi connectivity index (χ0n) is 11.7. The average Bonchev–Trinajstić information content (AvgIpc) is 2.79. The van der Waals surface area contributed by atoms with Crippen LogP contribution in [0.15, 0.2) is 34.9 Å². The topological polar surface area (TPSA) is 29.9 Å².